The zero-order valence-electron chi connectivity index (χ0n) is 12.9. The molecule has 1 aromatic rings. The van der Waals surface area contributed by atoms with Crippen LogP contribution in [0.3, 0.4) is 0 Å². The van der Waals surface area contributed by atoms with E-state index < -0.39 is 22.8 Å². The van der Waals surface area contributed by atoms with Crippen LogP contribution < -0.4 is 16.4 Å². The van der Waals surface area contributed by atoms with E-state index in [1.807, 2.05) is 13.8 Å². The fourth-order valence-electron chi connectivity index (χ4n) is 2.46. The molecule has 1 amide bonds. The van der Waals surface area contributed by atoms with E-state index in [0.717, 1.165) is 0 Å². The summed E-state index contributed by atoms with van der Waals surface area (Å²) in [4.78, 5) is 23.3. The van der Waals surface area contributed by atoms with Gasteiger partial charge in [-0.3, -0.25) is 14.9 Å². The molecule has 8 heteroatoms. The van der Waals surface area contributed by atoms with Gasteiger partial charge in [0, 0.05) is 11.3 Å². The number of benzene rings is 1. The van der Waals surface area contributed by atoms with Crippen LogP contribution >= 0.6 is 11.8 Å². The van der Waals surface area contributed by atoms with Crippen molar-refractivity contribution in [3.8, 4) is 5.75 Å². The summed E-state index contributed by atoms with van der Waals surface area (Å²) in [6.45, 7) is 3.99. The molecule has 1 saturated heterocycles. The summed E-state index contributed by atoms with van der Waals surface area (Å²) in [5.74, 6) is -1.15. The summed E-state index contributed by atoms with van der Waals surface area (Å²) in [5.41, 5.74) is 6.48. The SMILES string of the molecule is CC1(C)S[C@@H](CNC(=O)C(N)c2ccc(O)cc2)N[C@H]1C(=O)O. The monoisotopic (exact) mass is 339 g/mol. The van der Waals surface area contributed by atoms with Gasteiger partial charge in [0.2, 0.25) is 5.91 Å². The number of carbonyl (C=O) groups is 2. The van der Waals surface area contributed by atoms with Gasteiger partial charge in [0.15, 0.2) is 0 Å². The number of carboxylic acids is 1. The van der Waals surface area contributed by atoms with Gasteiger partial charge in [0.1, 0.15) is 17.8 Å². The maximum Gasteiger partial charge on any atom is 0.322 e. The molecule has 1 aliphatic rings. The molecule has 1 fully saturated rings. The third kappa shape index (κ3) is 4.15. The Balaban J connectivity index is 1.90. The van der Waals surface area contributed by atoms with E-state index in [1.165, 1.54) is 23.9 Å². The van der Waals surface area contributed by atoms with Gasteiger partial charge in [-0.1, -0.05) is 12.1 Å². The topological polar surface area (TPSA) is 125 Å². The minimum atomic E-state index is -0.905. The number of thioether (sulfide) groups is 1. The van der Waals surface area contributed by atoms with Crippen LogP contribution in [0.15, 0.2) is 24.3 Å². The largest absolute Gasteiger partial charge is 0.508 e. The van der Waals surface area contributed by atoms with Crippen molar-refractivity contribution in [1.82, 2.24) is 10.6 Å². The smallest absolute Gasteiger partial charge is 0.322 e. The van der Waals surface area contributed by atoms with E-state index in [1.54, 1.807) is 12.1 Å². The van der Waals surface area contributed by atoms with Crippen molar-refractivity contribution in [2.24, 2.45) is 5.73 Å². The van der Waals surface area contributed by atoms with E-state index >= 15 is 0 Å². The Bertz CT molecular complexity index is 591. The second kappa shape index (κ2) is 6.77. The Morgan fingerprint density at radius 1 is 1.39 bits per heavy atom. The van der Waals surface area contributed by atoms with Crippen molar-refractivity contribution in [2.45, 2.75) is 36.1 Å². The molecule has 7 nitrogen and oxygen atoms in total. The Hall–Kier alpha value is -1.77. The van der Waals surface area contributed by atoms with Crippen LogP contribution in [0.4, 0.5) is 0 Å². The van der Waals surface area contributed by atoms with Crippen LogP contribution in [0.5, 0.6) is 5.75 Å². The molecule has 3 atom stereocenters. The highest BCUT2D eigenvalue weighted by atomic mass is 32.2. The van der Waals surface area contributed by atoms with Crippen LogP contribution in [0.25, 0.3) is 0 Å². The summed E-state index contributed by atoms with van der Waals surface area (Å²) in [6.07, 6.45) is 0. The average molecular weight is 339 g/mol. The Morgan fingerprint density at radius 3 is 2.52 bits per heavy atom. The molecule has 1 heterocycles. The normalized spacial score (nSPS) is 24.1. The van der Waals surface area contributed by atoms with E-state index in [4.69, 9.17) is 5.73 Å². The zero-order chi connectivity index (χ0) is 17.2. The van der Waals surface area contributed by atoms with Crippen LogP contribution in [0, 0.1) is 0 Å². The minimum absolute atomic E-state index is 0.106. The van der Waals surface area contributed by atoms with Gasteiger partial charge in [0.05, 0.1) is 5.37 Å². The minimum Gasteiger partial charge on any atom is -0.508 e. The summed E-state index contributed by atoms with van der Waals surface area (Å²) >= 11 is 1.48. The third-order valence-electron chi connectivity index (χ3n) is 3.74. The maximum absolute atomic E-state index is 12.1. The molecule has 2 rings (SSSR count). The lowest BCUT2D eigenvalue weighted by Crippen LogP contribution is -2.47. The molecule has 0 saturated carbocycles. The second-order valence-electron chi connectivity index (χ2n) is 5.96. The number of hydrogen-bond donors (Lipinski definition) is 5. The molecule has 0 aromatic heterocycles. The highest BCUT2D eigenvalue weighted by Gasteiger charge is 2.45. The second-order valence-corrected chi connectivity index (χ2v) is 7.82. The number of phenolic OH excluding ortho intramolecular Hbond substituents is 1. The Labute approximate surface area is 138 Å². The zero-order valence-corrected chi connectivity index (χ0v) is 13.8. The lowest BCUT2D eigenvalue weighted by Gasteiger charge is -2.20. The van der Waals surface area contributed by atoms with Gasteiger partial charge in [-0.25, -0.2) is 0 Å². The molecule has 0 bridgehead atoms. The summed E-state index contributed by atoms with van der Waals surface area (Å²) in [6, 6.07) is 4.61. The molecule has 23 heavy (non-hydrogen) atoms. The highest BCUT2D eigenvalue weighted by Crippen LogP contribution is 2.37. The summed E-state index contributed by atoms with van der Waals surface area (Å²) < 4.78 is -0.458. The van der Waals surface area contributed by atoms with Crippen molar-refractivity contribution < 1.29 is 19.8 Å². The molecule has 6 N–H and O–H groups in total. The fourth-order valence-corrected chi connectivity index (χ4v) is 3.87. The maximum atomic E-state index is 12.1. The first-order valence-electron chi connectivity index (χ1n) is 7.19. The van der Waals surface area contributed by atoms with Crippen LogP contribution in [0.2, 0.25) is 0 Å². The van der Waals surface area contributed by atoms with Gasteiger partial charge < -0.3 is 21.3 Å². The number of amides is 1. The van der Waals surface area contributed by atoms with E-state index in [0.29, 0.717) is 5.56 Å². The van der Waals surface area contributed by atoms with Gasteiger partial charge in [-0.2, -0.15) is 0 Å². The number of aliphatic carboxylic acids is 1. The quantitative estimate of drug-likeness (QED) is 0.526. The first kappa shape index (κ1) is 17.6. The Morgan fingerprint density at radius 2 is 2.00 bits per heavy atom. The van der Waals surface area contributed by atoms with Crippen LogP contribution in [0.1, 0.15) is 25.5 Å². The van der Waals surface area contributed by atoms with Gasteiger partial charge in [-0.05, 0) is 31.5 Å². The fraction of sp³-hybridized carbons (Fsp3) is 0.467. The number of hydrogen-bond acceptors (Lipinski definition) is 6. The summed E-state index contributed by atoms with van der Waals surface area (Å²) in [7, 11) is 0. The first-order chi connectivity index (χ1) is 10.7. The highest BCUT2D eigenvalue weighted by molar-refractivity contribution is 8.01. The third-order valence-corrected chi connectivity index (χ3v) is 5.17. The number of phenols is 1. The molecule has 126 valence electrons. The van der Waals surface area contributed by atoms with Crippen LogP contribution in [-0.4, -0.2) is 44.8 Å². The van der Waals surface area contributed by atoms with E-state index in [2.05, 4.69) is 10.6 Å². The number of carbonyl (C=O) groups excluding carboxylic acids is 1. The molecule has 1 unspecified atom stereocenters. The predicted molar refractivity (Wildman–Crippen MR) is 88.1 cm³/mol. The van der Waals surface area contributed by atoms with Crippen molar-refractivity contribution in [3.63, 3.8) is 0 Å². The van der Waals surface area contributed by atoms with Gasteiger partial charge in [0.25, 0.3) is 0 Å². The van der Waals surface area contributed by atoms with E-state index in [9.17, 15) is 19.8 Å². The lowest BCUT2D eigenvalue weighted by atomic mass is 10.0. The molecular formula is C15H21N3O4S. The number of carboxylic acid groups (broad SMARTS) is 1. The molecular weight excluding hydrogens is 318 g/mol. The Kier molecular flexibility index (Phi) is 5.18. The number of aromatic hydroxyl groups is 1. The lowest BCUT2D eigenvalue weighted by molar-refractivity contribution is -0.139. The number of nitrogens with two attached hydrogens (primary N) is 1. The number of rotatable bonds is 5. The van der Waals surface area contributed by atoms with Gasteiger partial charge in [-0.15, -0.1) is 11.8 Å². The van der Waals surface area contributed by atoms with Crippen molar-refractivity contribution in [1.29, 1.82) is 0 Å². The molecule has 0 spiro atoms. The average Bonchev–Trinajstić information content (AvgIpc) is 2.80. The molecule has 1 aromatic carbocycles. The first-order valence-corrected chi connectivity index (χ1v) is 8.07. The predicted octanol–water partition coefficient (Wildman–Crippen LogP) is 0.403. The summed E-state index contributed by atoms with van der Waals surface area (Å²) in [5, 5.41) is 24.0. The molecule has 0 radical (unpaired) electrons. The number of nitrogens with one attached hydrogen (secondary N) is 2. The standard InChI is InChI=1S/C15H21N3O4S/c1-15(2)12(14(21)22)18-10(23-15)7-17-13(20)11(16)8-3-5-9(19)6-4-8/h3-6,10-12,18-19H,7,16H2,1-2H3,(H,17,20)(H,21,22)/t10-,11?,12-/m0/s1. The van der Waals surface area contributed by atoms with Crippen molar-refractivity contribution in [2.75, 3.05) is 6.54 Å². The van der Waals surface area contributed by atoms with Crippen molar-refractivity contribution >= 4 is 23.6 Å². The van der Waals surface area contributed by atoms with E-state index in [-0.39, 0.29) is 23.6 Å². The van der Waals surface area contributed by atoms with Gasteiger partial charge >= 0.3 is 5.97 Å². The van der Waals surface area contributed by atoms with Crippen LogP contribution in [-0.2, 0) is 9.59 Å². The molecule has 0 aliphatic carbocycles. The van der Waals surface area contributed by atoms with Crippen molar-refractivity contribution in [3.05, 3.63) is 29.8 Å². The molecule has 1 aliphatic heterocycles.